The normalized spacial score (nSPS) is 10.9. The lowest BCUT2D eigenvalue weighted by Gasteiger charge is -2.30. The Balaban J connectivity index is 4.28. The van der Waals surface area contributed by atoms with Crippen LogP contribution in [0.15, 0.2) is 12.7 Å². The van der Waals surface area contributed by atoms with Gasteiger partial charge >= 0.3 is 6.09 Å². The highest BCUT2D eigenvalue weighted by molar-refractivity contribution is 5.67. The van der Waals surface area contributed by atoms with Crippen LogP contribution in [-0.4, -0.2) is 32.8 Å². The van der Waals surface area contributed by atoms with Gasteiger partial charge in [0, 0.05) is 20.6 Å². The van der Waals surface area contributed by atoms with Crippen molar-refractivity contribution in [1.82, 2.24) is 5.32 Å². The minimum Gasteiger partial charge on any atom is -0.445 e. The second-order valence-electron chi connectivity index (χ2n) is 3.28. The summed E-state index contributed by atoms with van der Waals surface area (Å²) in [6.07, 6.45) is 3.34. The quantitative estimate of drug-likeness (QED) is 0.513. The summed E-state index contributed by atoms with van der Waals surface area (Å²) in [7, 11) is 2.96. The van der Waals surface area contributed by atoms with E-state index in [9.17, 15) is 4.79 Å². The molecule has 0 aliphatic heterocycles. The van der Waals surface area contributed by atoms with E-state index < -0.39 is 12.0 Å². The lowest BCUT2D eigenvalue weighted by Crippen LogP contribution is -2.51. The average molecular weight is 231 g/mol. The predicted octanol–water partition coefficient (Wildman–Crippen LogP) is 2.04. The van der Waals surface area contributed by atoms with Crippen LogP contribution < -0.4 is 5.32 Å². The third kappa shape index (κ3) is 5.14. The van der Waals surface area contributed by atoms with Gasteiger partial charge in [-0.1, -0.05) is 26.0 Å². The van der Waals surface area contributed by atoms with Crippen molar-refractivity contribution in [1.29, 1.82) is 0 Å². The monoisotopic (exact) mass is 231 g/mol. The minimum absolute atomic E-state index is 0.156. The van der Waals surface area contributed by atoms with E-state index in [-0.39, 0.29) is 6.61 Å². The van der Waals surface area contributed by atoms with Crippen LogP contribution in [0.1, 0.15) is 26.2 Å². The van der Waals surface area contributed by atoms with E-state index >= 15 is 0 Å². The number of unbranched alkanes of at least 4 members (excludes halogenated alkanes) is 1. The van der Waals surface area contributed by atoms with Crippen molar-refractivity contribution < 1.29 is 19.0 Å². The lowest BCUT2D eigenvalue weighted by atomic mass is 10.2. The van der Waals surface area contributed by atoms with E-state index in [1.54, 1.807) is 0 Å². The van der Waals surface area contributed by atoms with Crippen LogP contribution in [0.5, 0.6) is 0 Å². The average Bonchev–Trinajstić information content (AvgIpc) is 2.32. The van der Waals surface area contributed by atoms with Crippen molar-refractivity contribution in [3.8, 4) is 0 Å². The van der Waals surface area contributed by atoms with Gasteiger partial charge in [-0.05, 0) is 6.42 Å². The third-order valence-corrected chi connectivity index (χ3v) is 2.14. The number of alkyl carbamates (subject to hydrolysis) is 1. The first-order valence-electron chi connectivity index (χ1n) is 5.30. The highest BCUT2D eigenvalue weighted by atomic mass is 16.7. The first-order valence-corrected chi connectivity index (χ1v) is 5.30. The summed E-state index contributed by atoms with van der Waals surface area (Å²) in [5.41, 5.74) is 0. The molecular formula is C11H21NO4. The maximum absolute atomic E-state index is 11.4. The summed E-state index contributed by atoms with van der Waals surface area (Å²) < 4.78 is 15.2. The fourth-order valence-corrected chi connectivity index (χ4v) is 1.19. The largest absolute Gasteiger partial charge is 0.445 e. The number of carbonyl (C=O) groups excluding carboxylic acids is 1. The molecule has 16 heavy (non-hydrogen) atoms. The Bertz CT molecular complexity index is 214. The van der Waals surface area contributed by atoms with Crippen molar-refractivity contribution in [3.63, 3.8) is 0 Å². The molecule has 0 unspecified atom stereocenters. The number of hydrogen-bond donors (Lipinski definition) is 1. The summed E-state index contributed by atoms with van der Waals surface area (Å²) >= 11 is 0. The van der Waals surface area contributed by atoms with E-state index in [2.05, 4.69) is 11.9 Å². The SMILES string of the molecule is C=CCOC(=O)NC(CCCC)(OC)OC. The van der Waals surface area contributed by atoms with Gasteiger partial charge in [0.2, 0.25) is 0 Å². The van der Waals surface area contributed by atoms with Crippen molar-refractivity contribution >= 4 is 6.09 Å². The topological polar surface area (TPSA) is 56.8 Å². The number of ether oxygens (including phenoxy) is 3. The molecule has 5 nitrogen and oxygen atoms in total. The van der Waals surface area contributed by atoms with E-state index in [0.29, 0.717) is 6.42 Å². The molecule has 1 amide bonds. The van der Waals surface area contributed by atoms with Crippen LogP contribution in [0.3, 0.4) is 0 Å². The van der Waals surface area contributed by atoms with Gasteiger partial charge in [-0.15, -0.1) is 0 Å². The number of methoxy groups -OCH3 is 2. The fraction of sp³-hybridized carbons (Fsp3) is 0.727. The number of carbonyl (C=O) groups is 1. The van der Waals surface area contributed by atoms with Gasteiger partial charge in [-0.2, -0.15) is 0 Å². The van der Waals surface area contributed by atoms with Crippen molar-refractivity contribution in [3.05, 3.63) is 12.7 Å². The Labute approximate surface area is 96.8 Å². The molecular weight excluding hydrogens is 210 g/mol. The van der Waals surface area contributed by atoms with Gasteiger partial charge in [0.25, 0.3) is 5.91 Å². The van der Waals surface area contributed by atoms with Crippen LogP contribution in [0, 0.1) is 0 Å². The molecule has 0 radical (unpaired) electrons. The van der Waals surface area contributed by atoms with Gasteiger partial charge in [-0.25, -0.2) is 4.79 Å². The molecule has 0 aliphatic rings. The second-order valence-corrected chi connectivity index (χ2v) is 3.28. The Kier molecular flexibility index (Phi) is 7.58. The smallest absolute Gasteiger partial charge is 0.411 e. The van der Waals surface area contributed by atoms with Gasteiger partial charge in [-0.3, -0.25) is 5.32 Å². The van der Waals surface area contributed by atoms with Crippen molar-refractivity contribution in [2.24, 2.45) is 0 Å². The summed E-state index contributed by atoms with van der Waals surface area (Å²) in [6.45, 7) is 5.66. The van der Waals surface area contributed by atoms with Crippen LogP contribution in [-0.2, 0) is 14.2 Å². The maximum Gasteiger partial charge on any atom is 0.411 e. The number of nitrogens with one attached hydrogen (secondary N) is 1. The van der Waals surface area contributed by atoms with Gasteiger partial charge < -0.3 is 14.2 Å². The summed E-state index contributed by atoms with van der Waals surface area (Å²) in [5.74, 6) is -1.10. The Hall–Kier alpha value is -1.07. The van der Waals surface area contributed by atoms with Gasteiger partial charge in [0.15, 0.2) is 0 Å². The van der Waals surface area contributed by atoms with E-state index in [1.165, 1.54) is 20.3 Å². The molecule has 0 aliphatic carbocycles. The maximum atomic E-state index is 11.4. The van der Waals surface area contributed by atoms with E-state index in [1.807, 2.05) is 6.92 Å². The van der Waals surface area contributed by atoms with E-state index in [0.717, 1.165) is 12.8 Å². The zero-order chi connectivity index (χ0) is 12.4. The number of amides is 1. The predicted molar refractivity (Wildman–Crippen MR) is 61.0 cm³/mol. The van der Waals surface area contributed by atoms with E-state index in [4.69, 9.17) is 14.2 Å². The molecule has 0 atom stereocenters. The molecule has 0 aromatic carbocycles. The third-order valence-electron chi connectivity index (χ3n) is 2.14. The Morgan fingerprint density at radius 3 is 2.50 bits per heavy atom. The van der Waals surface area contributed by atoms with Crippen LogP contribution in [0.4, 0.5) is 4.79 Å². The Morgan fingerprint density at radius 2 is 2.06 bits per heavy atom. The second kappa shape index (κ2) is 8.13. The molecule has 0 aromatic heterocycles. The molecule has 5 heteroatoms. The molecule has 0 fully saturated rings. The highest BCUT2D eigenvalue weighted by Crippen LogP contribution is 2.16. The van der Waals surface area contributed by atoms with Gasteiger partial charge in [0.1, 0.15) is 6.61 Å². The molecule has 0 aromatic rings. The van der Waals surface area contributed by atoms with Crippen LogP contribution in [0.2, 0.25) is 0 Å². The number of hydrogen-bond acceptors (Lipinski definition) is 4. The number of rotatable bonds is 8. The zero-order valence-electron chi connectivity index (χ0n) is 10.2. The molecule has 0 rings (SSSR count). The zero-order valence-corrected chi connectivity index (χ0v) is 10.2. The summed E-state index contributed by atoms with van der Waals surface area (Å²) in [4.78, 5) is 11.4. The minimum atomic E-state index is -1.10. The van der Waals surface area contributed by atoms with Crippen LogP contribution >= 0.6 is 0 Å². The summed E-state index contributed by atoms with van der Waals surface area (Å²) in [6, 6.07) is 0. The summed E-state index contributed by atoms with van der Waals surface area (Å²) in [5, 5.41) is 2.55. The highest BCUT2D eigenvalue weighted by Gasteiger charge is 2.31. The first kappa shape index (κ1) is 14.9. The molecule has 0 saturated heterocycles. The first-order chi connectivity index (χ1) is 7.64. The molecule has 0 saturated carbocycles. The molecule has 1 N–H and O–H groups in total. The Morgan fingerprint density at radius 1 is 1.44 bits per heavy atom. The van der Waals surface area contributed by atoms with Crippen LogP contribution in [0.25, 0.3) is 0 Å². The van der Waals surface area contributed by atoms with Crippen molar-refractivity contribution in [2.45, 2.75) is 32.1 Å². The molecule has 0 spiro atoms. The van der Waals surface area contributed by atoms with Crippen molar-refractivity contribution in [2.75, 3.05) is 20.8 Å². The molecule has 0 heterocycles. The lowest BCUT2D eigenvalue weighted by molar-refractivity contribution is -0.226. The van der Waals surface area contributed by atoms with Gasteiger partial charge in [0.05, 0.1) is 0 Å². The fourth-order valence-electron chi connectivity index (χ4n) is 1.19. The molecule has 0 bridgehead atoms. The standard InChI is InChI=1S/C11H21NO4/c1-5-7-8-11(14-3,15-4)12-10(13)16-9-6-2/h6H,2,5,7-9H2,1,3-4H3,(H,12,13). The molecule has 94 valence electrons.